The van der Waals surface area contributed by atoms with Crippen molar-refractivity contribution in [1.29, 1.82) is 0 Å². The molecule has 5 saturated carbocycles. The molecule has 454 valence electrons. The van der Waals surface area contributed by atoms with Crippen molar-refractivity contribution in [1.82, 2.24) is 70.8 Å². The van der Waals surface area contributed by atoms with Crippen molar-refractivity contribution < 1.29 is 13.6 Å². The number of fused-ring (bicyclic) bond motifs is 4. The fraction of sp³-hybridized carbons (Fsp3) is 0.301. The van der Waals surface area contributed by atoms with Gasteiger partial charge in [-0.1, -0.05) is 57.9 Å². The van der Waals surface area contributed by atoms with Crippen LogP contribution in [0.15, 0.2) is 116 Å². The monoisotopic (exact) mass is 1200 g/mol. The van der Waals surface area contributed by atoms with Crippen molar-refractivity contribution >= 4 is 43.9 Å². The van der Waals surface area contributed by atoms with Crippen molar-refractivity contribution in [3.8, 4) is 78.0 Å². The molecule has 6 N–H and O–H groups in total. The van der Waals surface area contributed by atoms with Crippen LogP contribution in [0, 0.1) is 48.5 Å². The molecule has 0 saturated heterocycles. The molecular weight excluding hydrogens is 1140 g/mol. The molecule has 5 aliphatic carbocycles. The van der Waals surface area contributed by atoms with E-state index in [1.165, 1.54) is 86.7 Å². The van der Waals surface area contributed by atoms with Crippen LogP contribution in [0.3, 0.4) is 0 Å². The largest absolute Gasteiger partial charge is 0.361 e. The summed E-state index contributed by atoms with van der Waals surface area (Å²) >= 11 is 0. The smallest absolute Gasteiger partial charge is 0.255 e. The highest BCUT2D eigenvalue weighted by molar-refractivity contribution is 6.06. The molecule has 0 amide bonds. The normalized spacial score (nSPS) is 15.7. The van der Waals surface area contributed by atoms with Crippen molar-refractivity contribution in [3.05, 3.63) is 176 Å². The highest BCUT2D eigenvalue weighted by atomic mass is 16.5. The number of rotatable bonds is 12. The summed E-state index contributed by atoms with van der Waals surface area (Å²) in [6.45, 7) is 13.9. The predicted molar refractivity (Wildman–Crippen MR) is 352 cm³/mol. The van der Waals surface area contributed by atoms with Crippen LogP contribution in [0.25, 0.3) is 122 Å². The lowest BCUT2D eigenvalue weighted by atomic mass is 9.93. The summed E-state index contributed by atoms with van der Waals surface area (Å²) in [5, 5.41) is 30.2. The van der Waals surface area contributed by atoms with E-state index in [-0.39, 0.29) is 5.56 Å². The van der Waals surface area contributed by atoms with Crippen LogP contribution in [0.1, 0.15) is 163 Å². The van der Waals surface area contributed by atoms with Crippen molar-refractivity contribution in [2.24, 2.45) is 0 Å². The molecule has 91 heavy (non-hydrogen) atoms. The summed E-state index contributed by atoms with van der Waals surface area (Å²) in [6.07, 6.45) is 13.9. The fourth-order valence-corrected chi connectivity index (χ4v) is 13.8. The molecule has 0 unspecified atom stereocenters. The third kappa shape index (κ3) is 9.81. The maximum Gasteiger partial charge on any atom is 0.255 e. The van der Waals surface area contributed by atoms with Crippen LogP contribution in [0.2, 0.25) is 0 Å². The highest BCUT2D eigenvalue weighted by Gasteiger charge is 2.38. The number of aryl methyl sites for hydroxylation is 7. The zero-order valence-corrected chi connectivity index (χ0v) is 51.9. The maximum absolute atomic E-state index is 12.4. The van der Waals surface area contributed by atoms with E-state index in [9.17, 15) is 4.79 Å². The lowest BCUT2D eigenvalue weighted by Crippen LogP contribution is -2.04. The van der Waals surface area contributed by atoms with E-state index in [0.717, 1.165) is 163 Å². The minimum absolute atomic E-state index is 0.0897. The molecule has 9 aromatic heterocycles. The van der Waals surface area contributed by atoms with Gasteiger partial charge in [0, 0.05) is 103 Å². The standard InChI is InChI=1S/C25H23N5O.C24H25N5O.C24H20N4O2/c1-13-22(23(29-28-13)16-7-5-4-6-8-16)19-11-18(21-14(2)30-31-15(21)3)12-20-24(19)27-25(26-20)17-9-10-17;1-11-19(12(2)30-29-11)16-9-17(23-18(10-16)25-24(26-23)15-7-8-15)20-21(13-3-4-13)27-28-22(20)14-5-6-14;1-12-21(13(2)30-28-12)15-10-19(22-20(11-15)26-23(27-22)14-6-7-14)16-4-3-5-18-17(16)8-9-25-24(18)29/h4-8,11-12,17H,9-10H2,1-3H3,(H,26,27)(H,28,29);9-10,13-15H,3-8H2,1-2H3,(H,25,26)(H,27,28);3-5,8-11,14H,6-7H2,1-2H3,(H,25,29)(H,26,27). The van der Waals surface area contributed by atoms with Gasteiger partial charge < -0.3 is 33.5 Å². The third-order valence-electron chi connectivity index (χ3n) is 19.1. The Morgan fingerprint density at radius 1 is 0.418 bits per heavy atom. The summed E-state index contributed by atoms with van der Waals surface area (Å²) in [5.74, 6) is 8.56. The van der Waals surface area contributed by atoms with Crippen LogP contribution < -0.4 is 5.56 Å². The van der Waals surface area contributed by atoms with Gasteiger partial charge in [-0.05, 0) is 189 Å². The molecule has 0 spiro atoms. The zero-order valence-electron chi connectivity index (χ0n) is 51.9. The van der Waals surface area contributed by atoms with Crippen LogP contribution in [-0.4, -0.2) is 70.8 Å². The van der Waals surface area contributed by atoms with Crippen molar-refractivity contribution in [2.45, 2.75) is 142 Å². The Morgan fingerprint density at radius 3 is 1.36 bits per heavy atom. The van der Waals surface area contributed by atoms with Crippen molar-refractivity contribution in [2.75, 3.05) is 0 Å². The predicted octanol–water partition coefficient (Wildman–Crippen LogP) is 17.2. The lowest BCUT2D eigenvalue weighted by molar-refractivity contribution is 0.393. The van der Waals surface area contributed by atoms with Gasteiger partial charge in [0.25, 0.3) is 5.56 Å². The molecule has 0 atom stereocenters. The number of imidazole rings is 3. The van der Waals surface area contributed by atoms with Crippen LogP contribution in [-0.2, 0) is 0 Å². The average Bonchev–Trinajstić information content (AvgIpc) is 1.67. The van der Waals surface area contributed by atoms with Gasteiger partial charge in [0.2, 0.25) is 0 Å². The fourth-order valence-electron chi connectivity index (χ4n) is 13.8. The number of hydrogen-bond donors (Lipinski definition) is 6. The van der Waals surface area contributed by atoms with Gasteiger partial charge in [0.05, 0.1) is 55.9 Å². The summed E-state index contributed by atoms with van der Waals surface area (Å²) in [6, 6.07) is 31.2. The minimum Gasteiger partial charge on any atom is -0.361 e. The Bertz CT molecular complexity index is 5160. The molecule has 0 aliphatic heterocycles. The van der Waals surface area contributed by atoms with Crippen molar-refractivity contribution in [3.63, 3.8) is 0 Å². The second-order valence-corrected chi connectivity index (χ2v) is 26.0. The average molecular weight is 1210 g/mol. The lowest BCUT2D eigenvalue weighted by Gasteiger charge is -2.10. The van der Waals surface area contributed by atoms with Crippen LogP contribution in [0.4, 0.5) is 0 Å². The Hall–Kier alpha value is -10.2. The first-order valence-corrected chi connectivity index (χ1v) is 32.1. The van der Waals surface area contributed by atoms with Gasteiger partial charge in [-0.25, -0.2) is 15.0 Å². The first-order valence-electron chi connectivity index (χ1n) is 32.1. The zero-order chi connectivity index (χ0) is 61.5. The molecule has 19 rings (SSSR count). The first-order chi connectivity index (χ1) is 44.4. The van der Waals surface area contributed by atoms with E-state index in [2.05, 4.69) is 112 Å². The van der Waals surface area contributed by atoms with Gasteiger partial charge >= 0.3 is 0 Å². The van der Waals surface area contributed by atoms with Gasteiger partial charge in [-0.15, -0.1) is 0 Å². The molecule has 5 fully saturated rings. The second-order valence-electron chi connectivity index (χ2n) is 26.0. The second kappa shape index (κ2) is 21.2. The number of benzene rings is 5. The number of nitrogens with zero attached hydrogens (tertiary/aromatic N) is 8. The topological polar surface area (TPSA) is 254 Å². The number of nitrogens with one attached hydrogen (secondary N) is 6. The minimum atomic E-state index is -0.0897. The highest BCUT2D eigenvalue weighted by Crippen LogP contribution is 2.53. The summed E-state index contributed by atoms with van der Waals surface area (Å²) in [4.78, 5) is 41.0. The molecule has 14 aromatic rings. The number of pyridine rings is 1. The summed E-state index contributed by atoms with van der Waals surface area (Å²) < 4.78 is 16.4. The quantitative estimate of drug-likeness (QED) is 0.0668. The number of aromatic amines is 6. The Balaban J connectivity index is 0.000000105. The van der Waals surface area contributed by atoms with Gasteiger partial charge in [-0.3, -0.25) is 15.0 Å². The Kier molecular flexibility index (Phi) is 12.8. The van der Waals surface area contributed by atoms with E-state index < -0.39 is 0 Å². The molecule has 0 bridgehead atoms. The summed E-state index contributed by atoms with van der Waals surface area (Å²) in [7, 11) is 0. The van der Waals surface area contributed by atoms with Crippen LogP contribution in [0.5, 0.6) is 0 Å². The Labute approximate surface area is 522 Å². The Morgan fingerprint density at radius 2 is 0.890 bits per heavy atom. The van der Waals surface area contributed by atoms with E-state index in [4.69, 9.17) is 33.6 Å². The van der Waals surface area contributed by atoms with Gasteiger partial charge in [0.15, 0.2) is 0 Å². The number of hydrogen-bond acceptors (Lipinski definition) is 12. The first kappa shape index (κ1) is 54.9. The number of aromatic nitrogens is 14. The molecule has 9 heterocycles. The number of H-pyrrole nitrogens is 6. The van der Waals surface area contributed by atoms with Gasteiger partial charge in [0.1, 0.15) is 40.4 Å². The molecule has 5 aliphatic rings. The van der Waals surface area contributed by atoms with E-state index in [0.29, 0.717) is 35.0 Å². The van der Waals surface area contributed by atoms with E-state index in [1.54, 1.807) is 6.20 Å². The third-order valence-corrected chi connectivity index (χ3v) is 19.1. The molecular formula is C73H68N14O4. The maximum atomic E-state index is 12.4. The van der Waals surface area contributed by atoms with Gasteiger partial charge in [-0.2, -0.15) is 10.2 Å². The molecule has 5 aromatic carbocycles. The summed E-state index contributed by atoms with van der Waals surface area (Å²) in [5.41, 5.74) is 27.3. The molecule has 18 heteroatoms. The van der Waals surface area contributed by atoms with Crippen LogP contribution >= 0.6 is 0 Å². The van der Waals surface area contributed by atoms with E-state index >= 15 is 0 Å². The molecule has 0 radical (unpaired) electrons. The van der Waals surface area contributed by atoms with E-state index in [1.807, 2.05) is 77.9 Å². The molecule has 18 nitrogen and oxygen atoms in total. The SMILES string of the molecule is Cc1noc(C)c1-c1cc(-c2c(-c3ccccc3)n[nH]c2C)c2nc(C3CC3)[nH]c2c1.Cc1noc(C)c1-c1cc(-c2c(C3CC3)n[nH]c2C2CC2)c2nc(C3CC3)[nH]c2c1.Cc1noc(C)c1-c1cc(-c2cccc3c(=O)[nH]ccc23)c2nc(C3CC3)[nH]c2c1.